The van der Waals surface area contributed by atoms with Gasteiger partial charge in [0.2, 0.25) is 0 Å². The first-order chi connectivity index (χ1) is 20.4. The molecule has 1 saturated heterocycles. The molecule has 214 valence electrons. The molecule has 0 aromatic heterocycles. The van der Waals surface area contributed by atoms with Crippen LogP contribution in [0.4, 0.5) is 0 Å². The molecule has 4 aromatic carbocycles. The minimum absolute atomic E-state index is 0.0420. The van der Waals surface area contributed by atoms with Crippen LogP contribution in [0.3, 0.4) is 0 Å². The molecule has 1 aliphatic heterocycles. The monoisotopic (exact) mass is 563 g/mol. The zero-order valence-electron chi connectivity index (χ0n) is 23.9. The van der Waals surface area contributed by atoms with Crippen LogP contribution in [0.1, 0.15) is 33.9 Å². The van der Waals surface area contributed by atoms with Gasteiger partial charge in [-0.2, -0.15) is 0 Å². The molecule has 1 unspecified atom stereocenters. The van der Waals surface area contributed by atoms with Crippen LogP contribution in [-0.4, -0.2) is 42.5 Å². The third-order valence-corrected chi connectivity index (χ3v) is 7.44. The lowest BCUT2D eigenvalue weighted by Gasteiger charge is -2.26. The van der Waals surface area contributed by atoms with Crippen molar-refractivity contribution in [3.63, 3.8) is 0 Å². The van der Waals surface area contributed by atoms with E-state index in [1.54, 1.807) is 50.6 Å². The van der Waals surface area contributed by atoms with Crippen molar-refractivity contribution < 1.29 is 28.9 Å². The Labute approximate surface area is 245 Å². The minimum Gasteiger partial charge on any atom is -0.507 e. The van der Waals surface area contributed by atoms with Gasteiger partial charge < -0.3 is 24.2 Å². The lowest BCUT2D eigenvalue weighted by Crippen LogP contribution is -2.31. The number of aryl methyl sites for hydroxylation is 1. The number of rotatable bonds is 10. The van der Waals surface area contributed by atoms with Gasteiger partial charge in [-0.05, 0) is 78.1 Å². The van der Waals surface area contributed by atoms with Crippen LogP contribution >= 0.6 is 0 Å². The van der Waals surface area contributed by atoms with Crippen LogP contribution in [-0.2, 0) is 22.6 Å². The first-order valence-electron chi connectivity index (χ1n) is 13.7. The number of methoxy groups -OCH3 is 2. The molecule has 1 heterocycles. The number of aliphatic hydroxyl groups excluding tert-OH is 1. The lowest BCUT2D eigenvalue weighted by atomic mass is 9.94. The molecule has 0 bridgehead atoms. The predicted molar refractivity (Wildman–Crippen MR) is 161 cm³/mol. The van der Waals surface area contributed by atoms with Gasteiger partial charge in [0.25, 0.3) is 11.7 Å². The molecule has 1 N–H and O–H groups in total. The van der Waals surface area contributed by atoms with Crippen molar-refractivity contribution in [2.24, 2.45) is 0 Å². The second kappa shape index (κ2) is 12.6. The maximum Gasteiger partial charge on any atom is 0.295 e. The fourth-order valence-electron chi connectivity index (χ4n) is 5.16. The van der Waals surface area contributed by atoms with Gasteiger partial charge in [-0.3, -0.25) is 9.59 Å². The van der Waals surface area contributed by atoms with Gasteiger partial charge in [-0.1, -0.05) is 54.6 Å². The van der Waals surface area contributed by atoms with Crippen LogP contribution in [0.5, 0.6) is 17.2 Å². The van der Waals surface area contributed by atoms with E-state index in [9.17, 15) is 14.7 Å². The highest BCUT2D eigenvalue weighted by Gasteiger charge is 2.46. The van der Waals surface area contributed by atoms with Gasteiger partial charge in [0.15, 0.2) is 0 Å². The summed E-state index contributed by atoms with van der Waals surface area (Å²) in [4.78, 5) is 28.4. The van der Waals surface area contributed by atoms with E-state index >= 15 is 0 Å². The van der Waals surface area contributed by atoms with Crippen LogP contribution in [0.2, 0.25) is 0 Å². The molecule has 7 heteroatoms. The number of aliphatic hydroxyl groups is 1. The van der Waals surface area contributed by atoms with Crippen molar-refractivity contribution in [2.45, 2.75) is 26.0 Å². The molecule has 0 saturated carbocycles. The lowest BCUT2D eigenvalue weighted by molar-refractivity contribution is -0.139. The number of hydrogen-bond acceptors (Lipinski definition) is 6. The van der Waals surface area contributed by atoms with Crippen LogP contribution < -0.4 is 14.2 Å². The average Bonchev–Trinajstić information content (AvgIpc) is 3.28. The number of nitrogens with zero attached hydrogens (tertiary/aromatic N) is 1. The molecule has 1 fully saturated rings. The van der Waals surface area contributed by atoms with Gasteiger partial charge in [0, 0.05) is 12.1 Å². The van der Waals surface area contributed by atoms with Gasteiger partial charge in [-0.15, -0.1) is 0 Å². The SMILES string of the molecule is COc1ccc(CCN2C(=O)C(=O)/C(=C(\O)c3ccc(OCc4ccccc4)c(C)c3)C2c2cccc(OC)c2)cc1. The third kappa shape index (κ3) is 6.00. The first-order valence-corrected chi connectivity index (χ1v) is 13.7. The molecule has 1 atom stereocenters. The Bertz CT molecular complexity index is 1610. The van der Waals surface area contributed by atoms with Crippen molar-refractivity contribution in [1.29, 1.82) is 0 Å². The van der Waals surface area contributed by atoms with Crippen molar-refractivity contribution in [3.8, 4) is 17.2 Å². The molecule has 5 rings (SSSR count). The van der Waals surface area contributed by atoms with E-state index in [1.807, 2.05) is 67.6 Å². The van der Waals surface area contributed by atoms with Crippen molar-refractivity contribution in [1.82, 2.24) is 4.90 Å². The molecule has 0 radical (unpaired) electrons. The summed E-state index contributed by atoms with van der Waals surface area (Å²) < 4.78 is 16.7. The number of carbonyl (C=O) groups excluding carboxylic acids is 2. The quantitative estimate of drug-likeness (QED) is 0.139. The summed E-state index contributed by atoms with van der Waals surface area (Å²) in [6, 6.07) is 29.1. The molecular weight excluding hydrogens is 530 g/mol. The Hall–Kier alpha value is -5.04. The van der Waals surface area contributed by atoms with Gasteiger partial charge >= 0.3 is 0 Å². The van der Waals surface area contributed by atoms with Gasteiger partial charge in [0.05, 0.1) is 25.8 Å². The summed E-state index contributed by atoms with van der Waals surface area (Å²) in [5, 5.41) is 11.5. The number of hydrogen-bond donors (Lipinski definition) is 1. The number of ether oxygens (including phenoxy) is 3. The van der Waals surface area contributed by atoms with E-state index in [-0.39, 0.29) is 17.9 Å². The molecular formula is C35H33NO6. The van der Waals surface area contributed by atoms with E-state index in [0.29, 0.717) is 35.7 Å². The summed E-state index contributed by atoms with van der Waals surface area (Å²) >= 11 is 0. The van der Waals surface area contributed by atoms with Crippen LogP contribution in [0.15, 0.2) is 103 Å². The number of amides is 1. The number of ketones is 1. The summed E-state index contributed by atoms with van der Waals surface area (Å²) in [5.41, 5.74) is 3.97. The Morgan fingerprint density at radius 1 is 0.810 bits per heavy atom. The smallest absolute Gasteiger partial charge is 0.295 e. The van der Waals surface area contributed by atoms with E-state index in [2.05, 4.69) is 0 Å². The zero-order chi connectivity index (χ0) is 29.6. The highest BCUT2D eigenvalue weighted by atomic mass is 16.5. The molecule has 1 aliphatic rings. The normalized spacial score (nSPS) is 16.0. The Kier molecular flexibility index (Phi) is 8.58. The molecule has 42 heavy (non-hydrogen) atoms. The summed E-state index contributed by atoms with van der Waals surface area (Å²) in [6.45, 7) is 2.56. The Morgan fingerprint density at radius 2 is 1.55 bits per heavy atom. The van der Waals surface area contributed by atoms with Gasteiger partial charge in [-0.25, -0.2) is 0 Å². The summed E-state index contributed by atoms with van der Waals surface area (Å²) in [5.74, 6) is 0.381. The van der Waals surface area contributed by atoms with E-state index in [1.165, 1.54) is 4.90 Å². The molecule has 7 nitrogen and oxygen atoms in total. The first kappa shape index (κ1) is 28.5. The molecule has 0 spiro atoms. The largest absolute Gasteiger partial charge is 0.507 e. The van der Waals surface area contributed by atoms with E-state index < -0.39 is 17.7 Å². The van der Waals surface area contributed by atoms with E-state index in [0.717, 1.165) is 22.4 Å². The summed E-state index contributed by atoms with van der Waals surface area (Å²) in [6.07, 6.45) is 0.518. The maximum absolute atomic E-state index is 13.5. The van der Waals surface area contributed by atoms with Crippen molar-refractivity contribution >= 4 is 17.4 Å². The summed E-state index contributed by atoms with van der Waals surface area (Å²) in [7, 11) is 3.17. The zero-order valence-corrected chi connectivity index (χ0v) is 23.9. The highest BCUT2D eigenvalue weighted by Crippen LogP contribution is 2.40. The Balaban J connectivity index is 1.48. The highest BCUT2D eigenvalue weighted by molar-refractivity contribution is 6.46. The fourth-order valence-corrected chi connectivity index (χ4v) is 5.16. The van der Waals surface area contributed by atoms with Crippen LogP contribution in [0.25, 0.3) is 5.76 Å². The van der Waals surface area contributed by atoms with E-state index in [4.69, 9.17) is 14.2 Å². The maximum atomic E-state index is 13.5. The molecule has 4 aromatic rings. The number of carbonyl (C=O) groups is 2. The topological polar surface area (TPSA) is 85.3 Å². The van der Waals surface area contributed by atoms with Crippen molar-refractivity contribution in [2.75, 3.05) is 20.8 Å². The fraction of sp³-hybridized carbons (Fsp3) is 0.200. The average molecular weight is 564 g/mol. The minimum atomic E-state index is -0.785. The molecule has 0 aliphatic carbocycles. The van der Waals surface area contributed by atoms with Crippen LogP contribution in [0, 0.1) is 6.92 Å². The number of benzene rings is 4. The number of Topliss-reactive ketones (excluding diaryl/α,β-unsaturated/α-hetero) is 1. The molecule has 1 amide bonds. The van der Waals surface area contributed by atoms with Gasteiger partial charge in [0.1, 0.15) is 29.6 Å². The predicted octanol–water partition coefficient (Wildman–Crippen LogP) is 6.26. The Morgan fingerprint density at radius 3 is 2.24 bits per heavy atom. The van der Waals surface area contributed by atoms with Crippen molar-refractivity contribution in [3.05, 3.63) is 130 Å². The second-order valence-electron chi connectivity index (χ2n) is 10.1. The standard InChI is InChI=1S/C35H33NO6/c1-23-20-27(14-17-30(23)42-22-25-8-5-4-6-9-25)33(37)31-32(26-10-7-11-29(21-26)41-3)36(35(39)34(31)38)19-18-24-12-15-28(40-2)16-13-24/h4-17,20-21,32,37H,18-19,22H2,1-3H3/b33-31-. The number of likely N-dealkylation sites (tertiary alicyclic amines) is 1. The third-order valence-electron chi connectivity index (χ3n) is 7.44. The second-order valence-corrected chi connectivity index (χ2v) is 10.1.